The highest BCUT2D eigenvalue weighted by Crippen LogP contribution is 2.40. The van der Waals surface area contributed by atoms with Gasteiger partial charge in [0, 0.05) is 40.1 Å². The first-order valence-corrected chi connectivity index (χ1v) is 12.3. The number of anilines is 2. The average molecular weight is 482 g/mol. The molecular formula is C30H28ClN3O. The third-order valence-electron chi connectivity index (χ3n) is 6.56. The molecule has 176 valence electrons. The molecule has 1 aromatic heterocycles. The van der Waals surface area contributed by atoms with E-state index in [1.54, 1.807) is 6.20 Å². The monoisotopic (exact) mass is 481 g/mol. The molecule has 0 saturated heterocycles. The van der Waals surface area contributed by atoms with Crippen molar-refractivity contribution in [3.8, 4) is 16.9 Å². The van der Waals surface area contributed by atoms with Crippen molar-refractivity contribution in [2.75, 3.05) is 18.4 Å². The lowest BCUT2D eigenvalue weighted by molar-refractivity contribution is 0.296. The molecule has 0 amide bonds. The predicted octanol–water partition coefficient (Wildman–Crippen LogP) is 8.00. The van der Waals surface area contributed by atoms with Crippen LogP contribution in [-0.2, 0) is 6.54 Å². The Hall–Kier alpha value is -3.60. The molecule has 0 fully saturated rings. The first-order chi connectivity index (χ1) is 17.1. The van der Waals surface area contributed by atoms with Crippen molar-refractivity contribution in [3.63, 3.8) is 0 Å². The molecule has 0 aliphatic rings. The van der Waals surface area contributed by atoms with E-state index in [0.29, 0.717) is 5.02 Å². The maximum Gasteiger partial charge on any atom is 0.123 e. The number of rotatable bonds is 7. The standard InChI is InChI=1S/C30H28ClN3O/c1-3-34(4-2)19-21-16-30(35)26(24-11-7-9-20-8-5-6-10-23(20)24)18-28(21)33-27-14-15-32-29-17-22(31)12-13-25(27)29/h5-18,35H,3-4,19H2,1-2H3,(H,32,33). The molecule has 0 saturated carbocycles. The second kappa shape index (κ2) is 9.95. The van der Waals surface area contributed by atoms with Crippen molar-refractivity contribution in [1.82, 2.24) is 9.88 Å². The van der Waals surface area contributed by atoms with Crippen LogP contribution in [0.4, 0.5) is 11.4 Å². The van der Waals surface area contributed by atoms with Crippen LogP contribution in [0.2, 0.25) is 5.02 Å². The van der Waals surface area contributed by atoms with E-state index in [9.17, 15) is 5.11 Å². The van der Waals surface area contributed by atoms with Gasteiger partial charge < -0.3 is 10.4 Å². The van der Waals surface area contributed by atoms with Crippen molar-refractivity contribution < 1.29 is 5.11 Å². The van der Waals surface area contributed by atoms with Crippen LogP contribution in [0.25, 0.3) is 32.8 Å². The van der Waals surface area contributed by atoms with Crippen LogP contribution in [0.1, 0.15) is 19.4 Å². The number of phenolic OH excluding ortho intramolecular Hbond substituents is 1. The minimum atomic E-state index is 0.278. The van der Waals surface area contributed by atoms with Crippen molar-refractivity contribution in [1.29, 1.82) is 0 Å². The van der Waals surface area contributed by atoms with Gasteiger partial charge in [-0.2, -0.15) is 0 Å². The molecule has 0 spiro atoms. The molecule has 0 aliphatic carbocycles. The van der Waals surface area contributed by atoms with Crippen molar-refractivity contribution in [3.05, 3.63) is 95.6 Å². The summed E-state index contributed by atoms with van der Waals surface area (Å²) in [4.78, 5) is 6.82. The molecule has 5 rings (SSSR count). The Kier molecular flexibility index (Phi) is 6.58. The number of aromatic hydroxyl groups is 1. The van der Waals surface area contributed by atoms with Crippen LogP contribution in [0.3, 0.4) is 0 Å². The highest BCUT2D eigenvalue weighted by Gasteiger charge is 2.16. The summed E-state index contributed by atoms with van der Waals surface area (Å²) in [5.41, 5.74) is 5.58. The molecule has 2 N–H and O–H groups in total. The first-order valence-electron chi connectivity index (χ1n) is 11.9. The summed E-state index contributed by atoms with van der Waals surface area (Å²) < 4.78 is 0. The van der Waals surface area contributed by atoms with Crippen LogP contribution >= 0.6 is 11.6 Å². The number of aromatic nitrogens is 1. The summed E-state index contributed by atoms with van der Waals surface area (Å²) in [6, 6.07) is 26.1. The third-order valence-corrected chi connectivity index (χ3v) is 6.80. The minimum Gasteiger partial charge on any atom is -0.507 e. The van der Waals surface area contributed by atoms with Gasteiger partial charge in [0.05, 0.1) is 5.52 Å². The predicted molar refractivity (Wildman–Crippen MR) is 148 cm³/mol. The molecule has 0 unspecified atom stereocenters. The molecule has 35 heavy (non-hydrogen) atoms. The quantitative estimate of drug-likeness (QED) is 0.231. The van der Waals surface area contributed by atoms with E-state index in [-0.39, 0.29) is 5.75 Å². The number of nitrogens with one attached hydrogen (secondary N) is 1. The van der Waals surface area contributed by atoms with Gasteiger partial charge in [-0.1, -0.05) is 67.9 Å². The highest BCUT2D eigenvalue weighted by atomic mass is 35.5. The van der Waals surface area contributed by atoms with Gasteiger partial charge in [0.25, 0.3) is 0 Å². The van der Waals surface area contributed by atoms with E-state index < -0.39 is 0 Å². The molecule has 5 heteroatoms. The van der Waals surface area contributed by atoms with Crippen LogP contribution < -0.4 is 5.32 Å². The van der Waals surface area contributed by atoms with E-state index in [2.05, 4.69) is 59.4 Å². The summed E-state index contributed by atoms with van der Waals surface area (Å²) in [6.45, 7) is 6.90. The smallest absolute Gasteiger partial charge is 0.123 e. The molecule has 1 heterocycles. The zero-order chi connectivity index (χ0) is 24.4. The van der Waals surface area contributed by atoms with Gasteiger partial charge >= 0.3 is 0 Å². The molecule has 5 aromatic rings. The topological polar surface area (TPSA) is 48.4 Å². The van der Waals surface area contributed by atoms with Crippen LogP contribution in [-0.4, -0.2) is 28.1 Å². The van der Waals surface area contributed by atoms with Crippen molar-refractivity contribution >= 4 is 44.7 Å². The molecule has 0 radical (unpaired) electrons. The van der Waals surface area contributed by atoms with E-state index in [1.165, 1.54) is 0 Å². The summed E-state index contributed by atoms with van der Waals surface area (Å²) in [7, 11) is 0. The van der Waals surface area contributed by atoms with E-state index in [0.717, 1.165) is 69.4 Å². The Morgan fingerprint density at radius 2 is 1.63 bits per heavy atom. The summed E-state index contributed by atoms with van der Waals surface area (Å²) in [5, 5.41) is 18.7. The number of fused-ring (bicyclic) bond motifs is 2. The van der Waals surface area contributed by atoms with Gasteiger partial charge in [0.1, 0.15) is 5.75 Å². The first kappa shape index (κ1) is 23.2. The fourth-order valence-corrected chi connectivity index (χ4v) is 4.78. The Morgan fingerprint density at radius 3 is 2.46 bits per heavy atom. The van der Waals surface area contributed by atoms with E-state index in [4.69, 9.17) is 11.6 Å². The number of pyridine rings is 1. The zero-order valence-corrected chi connectivity index (χ0v) is 20.7. The van der Waals surface area contributed by atoms with E-state index in [1.807, 2.05) is 48.5 Å². The molecule has 0 atom stereocenters. The van der Waals surface area contributed by atoms with Crippen LogP contribution in [0.15, 0.2) is 85.1 Å². The zero-order valence-electron chi connectivity index (χ0n) is 19.9. The van der Waals surface area contributed by atoms with Gasteiger partial charge in [0.15, 0.2) is 0 Å². The molecule has 4 nitrogen and oxygen atoms in total. The number of benzene rings is 4. The van der Waals surface area contributed by atoms with Gasteiger partial charge in [-0.25, -0.2) is 0 Å². The van der Waals surface area contributed by atoms with Gasteiger partial charge in [-0.15, -0.1) is 0 Å². The lowest BCUT2D eigenvalue weighted by Gasteiger charge is -2.22. The van der Waals surface area contributed by atoms with Gasteiger partial charge in [0.2, 0.25) is 0 Å². The summed E-state index contributed by atoms with van der Waals surface area (Å²) >= 11 is 6.21. The normalized spacial score (nSPS) is 11.4. The second-order valence-corrected chi connectivity index (χ2v) is 9.10. The minimum absolute atomic E-state index is 0.278. The third kappa shape index (κ3) is 4.68. The Morgan fingerprint density at radius 1 is 0.829 bits per heavy atom. The Balaban J connectivity index is 1.67. The Labute approximate surface area is 210 Å². The van der Waals surface area contributed by atoms with Gasteiger partial charge in [-0.05, 0) is 71.4 Å². The lowest BCUT2D eigenvalue weighted by Crippen LogP contribution is -2.22. The number of nitrogens with zero attached hydrogens (tertiary/aromatic N) is 2. The number of phenols is 1. The number of hydrogen-bond acceptors (Lipinski definition) is 4. The lowest BCUT2D eigenvalue weighted by atomic mass is 9.95. The fourth-order valence-electron chi connectivity index (χ4n) is 4.62. The number of hydrogen-bond donors (Lipinski definition) is 2. The maximum absolute atomic E-state index is 11.2. The largest absolute Gasteiger partial charge is 0.507 e. The van der Waals surface area contributed by atoms with Crippen molar-refractivity contribution in [2.24, 2.45) is 0 Å². The molecule has 0 bridgehead atoms. The fraction of sp³-hybridized carbons (Fsp3) is 0.167. The van der Waals surface area contributed by atoms with E-state index >= 15 is 0 Å². The molecule has 4 aromatic carbocycles. The maximum atomic E-state index is 11.2. The SMILES string of the molecule is CCN(CC)Cc1cc(O)c(-c2cccc3ccccc23)cc1Nc1ccnc2cc(Cl)ccc12. The summed E-state index contributed by atoms with van der Waals surface area (Å²) in [5.74, 6) is 0.278. The second-order valence-electron chi connectivity index (χ2n) is 8.66. The Bertz CT molecular complexity index is 1510. The van der Waals surface area contributed by atoms with Crippen molar-refractivity contribution in [2.45, 2.75) is 20.4 Å². The highest BCUT2D eigenvalue weighted by molar-refractivity contribution is 6.31. The number of halogens is 1. The molecule has 0 aliphatic heterocycles. The molecular weight excluding hydrogens is 454 g/mol. The van der Waals surface area contributed by atoms with Crippen LogP contribution in [0.5, 0.6) is 5.75 Å². The van der Waals surface area contributed by atoms with Crippen LogP contribution in [0, 0.1) is 0 Å². The average Bonchev–Trinajstić information content (AvgIpc) is 2.88. The van der Waals surface area contributed by atoms with Gasteiger partial charge in [-0.3, -0.25) is 9.88 Å². The summed E-state index contributed by atoms with van der Waals surface area (Å²) in [6.07, 6.45) is 1.79.